The molecule has 0 saturated heterocycles. The summed E-state index contributed by atoms with van der Waals surface area (Å²) >= 11 is 6.12. The largest absolute Gasteiger partial charge is 0.452 e. The summed E-state index contributed by atoms with van der Waals surface area (Å²) in [6.45, 7) is 1.48. The highest BCUT2D eigenvalue weighted by molar-refractivity contribution is 6.31. The van der Waals surface area contributed by atoms with Crippen LogP contribution < -0.4 is 5.32 Å². The molecule has 132 valence electrons. The van der Waals surface area contributed by atoms with Crippen LogP contribution in [0.15, 0.2) is 66.7 Å². The Labute approximate surface area is 156 Å². The highest BCUT2D eigenvalue weighted by atomic mass is 35.5. The lowest BCUT2D eigenvalue weighted by atomic mass is 10.1. The van der Waals surface area contributed by atoms with Gasteiger partial charge in [0.2, 0.25) is 0 Å². The van der Waals surface area contributed by atoms with Gasteiger partial charge in [0.1, 0.15) is 0 Å². The molecular formula is C21H18ClNO3. The first-order valence-electron chi connectivity index (χ1n) is 8.24. The molecule has 0 radical (unpaired) electrons. The van der Waals surface area contributed by atoms with E-state index in [1.54, 1.807) is 18.2 Å². The molecule has 0 unspecified atom stereocenters. The van der Waals surface area contributed by atoms with Crippen LogP contribution in [0, 0.1) is 0 Å². The molecule has 3 rings (SSSR count). The molecule has 1 amide bonds. The SMILES string of the molecule is C[C@@H](NC(=O)COC(=O)c1ccc2ccccc2c1)c1ccccc1Cl. The standard InChI is InChI=1S/C21H18ClNO3/c1-14(18-8-4-5-9-19(18)22)23-20(24)13-26-21(25)17-11-10-15-6-2-3-7-16(15)12-17/h2-12,14H,13H2,1H3,(H,23,24)/t14-/m1/s1. The molecule has 1 N–H and O–H groups in total. The molecule has 0 aliphatic carbocycles. The molecular weight excluding hydrogens is 350 g/mol. The topological polar surface area (TPSA) is 55.4 Å². The summed E-state index contributed by atoms with van der Waals surface area (Å²) in [6.07, 6.45) is 0. The second kappa shape index (κ2) is 8.02. The van der Waals surface area contributed by atoms with Gasteiger partial charge >= 0.3 is 5.97 Å². The predicted molar refractivity (Wildman–Crippen MR) is 102 cm³/mol. The highest BCUT2D eigenvalue weighted by Gasteiger charge is 2.15. The summed E-state index contributed by atoms with van der Waals surface area (Å²) in [6, 6.07) is 20.0. The number of amides is 1. The van der Waals surface area contributed by atoms with Gasteiger partial charge in [-0.1, -0.05) is 60.1 Å². The fraction of sp³-hybridized carbons (Fsp3) is 0.143. The van der Waals surface area contributed by atoms with Crippen LogP contribution >= 0.6 is 11.6 Å². The average molecular weight is 368 g/mol. The number of nitrogens with one attached hydrogen (secondary N) is 1. The molecule has 0 aliphatic rings. The number of rotatable bonds is 5. The van der Waals surface area contributed by atoms with E-state index in [9.17, 15) is 9.59 Å². The van der Waals surface area contributed by atoms with Crippen LogP contribution in [0.1, 0.15) is 28.9 Å². The molecule has 0 fully saturated rings. The zero-order valence-electron chi connectivity index (χ0n) is 14.2. The van der Waals surface area contributed by atoms with E-state index >= 15 is 0 Å². The normalized spacial score (nSPS) is 11.8. The maximum atomic E-state index is 12.2. The first-order chi connectivity index (χ1) is 12.5. The minimum absolute atomic E-state index is 0.282. The van der Waals surface area contributed by atoms with Gasteiger partial charge in [0.15, 0.2) is 6.61 Å². The van der Waals surface area contributed by atoms with Gasteiger partial charge in [-0.05, 0) is 41.5 Å². The van der Waals surface area contributed by atoms with E-state index in [2.05, 4.69) is 5.32 Å². The van der Waals surface area contributed by atoms with Crippen LogP contribution in [0.3, 0.4) is 0 Å². The molecule has 5 heteroatoms. The van der Waals surface area contributed by atoms with Crippen LogP contribution in [0.5, 0.6) is 0 Å². The van der Waals surface area contributed by atoms with Gasteiger partial charge in [-0.15, -0.1) is 0 Å². The Morgan fingerprint density at radius 2 is 1.69 bits per heavy atom. The third-order valence-electron chi connectivity index (χ3n) is 4.07. The molecule has 0 spiro atoms. The third-order valence-corrected chi connectivity index (χ3v) is 4.41. The quantitative estimate of drug-likeness (QED) is 0.674. The summed E-state index contributed by atoms with van der Waals surface area (Å²) in [4.78, 5) is 24.2. The maximum Gasteiger partial charge on any atom is 0.338 e. The Morgan fingerprint density at radius 1 is 1.00 bits per heavy atom. The fourth-order valence-corrected chi connectivity index (χ4v) is 3.02. The summed E-state index contributed by atoms with van der Waals surface area (Å²) in [5, 5.41) is 5.33. The maximum absolute atomic E-state index is 12.2. The van der Waals surface area contributed by atoms with Gasteiger partial charge in [-0.25, -0.2) is 4.79 Å². The average Bonchev–Trinajstić information content (AvgIpc) is 2.66. The number of benzene rings is 3. The minimum Gasteiger partial charge on any atom is -0.452 e. The Morgan fingerprint density at radius 3 is 2.46 bits per heavy atom. The van der Waals surface area contributed by atoms with E-state index < -0.39 is 5.97 Å². The van der Waals surface area contributed by atoms with Crippen LogP contribution in [0.4, 0.5) is 0 Å². The van der Waals surface area contributed by atoms with Gasteiger partial charge < -0.3 is 10.1 Å². The predicted octanol–water partition coefficient (Wildman–Crippen LogP) is 4.53. The minimum atomic E-state index is -0.531. The number of carbonyl (C=O) groups excluding carboxylic acids is 2. The second-order valence-corrected chi connectivity index (χ2v) is 6.36. The lowest BCUT2D eigenvalue weighted by Crippen LogP contribution is -2.31. The van der Waals surface area contributed by atoms with Crippen molar-refractivity contribution in [3.05, 3.63) is 82.9 Å². The van der Waals surface area contributed by atoms with E-state index in [0.29, 0.717) is 10.6 Å². The summed E-state index contributed by atoms with van der Waals surface area (Å²) in [5.41, 5.74) is 1.22. The number of halogens is 1. The van der Waals surface area contributed by atoms with Gasteiger partial charge in [-0.2, -0.15) is 0 Å². The van der Waals surface area contributed by atoms with Crippen molar-refractivity contribution in [2.75, 3.05) is 6.61 Å². The van der Waals surface area contributed by atoms with Crippen molar-refractivity contribution < 1.29 is 14.3 Å². The molecule has 0 saturated carbocycles. The first kappa shape index (κ1) is 18.0. The van der Waals surface area contributed by atoms with Crippen LogP contribution in [-0.4, -0.2) is 18.5 Å². The molecule has 0 aromatic heterocycles. The summed E-state index contributed by atoms with van der Waals surface area (Å²) in [7, 11) is 0. The zero-order chi connectivity index (χ0) is 18.5. The van der Waals surface area contributed by atoms with Gasteiger partial charge in [0.05, 0.1) is 11.6 Å². The van der Waals surface area contributed by atoms with E-state index in [1.165, 1.54) is 0 Å². The molecule has 0 aliphatic heterocycles. The van der Waals surface area contributed by atoms with Crippen LogP contribution in [0.2, 0.25) is 5.02 Å². The molecule has 0 heterocycles. The number of carbonyl (C=O) groups is 2. The lowest BCUT2D eigenvalue weighted by Gasteiger charge is -2.15. The van der Waals surface area contributed by atoms with Gasteiger partial charge in [0, 0.05) is 5.02 Å². The summed E-state index contributed by atoms with van der Waals surface area (Å²) in [5.74, 6) is -0.914. The van der Waals surface area contributed by atoms with E-state index in [-0.39, 0.29) is 18.6 Å². The number of ether oxygens (including phenoxy) is 1. The molecule has 1 atom stereocenters. The smallest absolute Gasteiger partial charge is 0.338 e. The summed E-state index contributed by atoms with van der Waals surface area (Å²) < 4.78 is 5.12. The molecule has 26 heavy (non-hydrogen) atoms. The van der Waals surface area contributed by atoms with Crippen molar-refractivity contribution in [2.24, 2.45) is 0 Å². The van der Waals surface area contributed by atoms with E-state index in [0.717, 1.165) is 16.3 Å². The van der Waals surface area contributed by atoms with E-state index in [4.69, 9.17) is 16.3 Å². The Kier molecular flexibility index (Phi) is 5.54. The van der Waals surface area contributed by atoms with Crippen molar-refractivity contribution in [3.63, 3.8) is 0 Å². The monoisotopic (exact) mass is 367 g/mol. The zero-order valence-corrected chi connectivity index (χ0v) is 15.0. The lowest BCUT2D eigenvalue weighted by molar-refractivity contribution is -0.124. The number of hydrogen-bond donors (Lipinski definition) is 1. The van der Waals surface area contributed by atoms with Crippen LogP contribution in [0.25, 0.3) is 10.8 Å². The van der Waals surface area contributed by atoms with Gasteiger partial charge in [-0.3, -0.25) is 4.79 Å². The molecule has 0 bridgehead atoms. The van der Waals surface area contributed by atoms with Crippen molar-refractivity contribution in [1.82, 2.24) is 5.32 Å². The van der Waals surface area contributed by atoms with Crippen molar-refractivity contribution >= 4 is 34.2 Å². The third kappa shape index (κ3) is 4.21. The molecule has 3 aromatic carbocycles. The van der Waals surface area contributed by atoms with Crippen LogP contribution in [-0.2, 0) is 9.53 Å². The number of hydrogen-bond acceptors (Lipinski definition) is 3. The Balaban J connectivity index is 1.58. The Hall–Kier alpha value is -2.85. The first-order valence-corrected chi connectivity index (χ1v) is 8.62. The van der Waals surface area contributed by atoms with Crippen molar-refractivity contribution in [3.8, 4) is 0 Å². The van der Waals surface area contributed by atoms with Crippen molar-refractivity contribution in [2.45, 2.75) is 13.0 Å². The number of esters is 1. The highest BCUT2D eigenvalue weighted by Crippen LogP contribution is 2.22. The molecule has 4 nitrogen and oxygen atoms in total. The van der Waals surface area contributed by atoms with E-state index in [1.807, 2.05) is 55.5 Å². The number of fused-ring (bicyclic) bond motifs is 1. The second-order valence-electron chi connectivity index (χ2n) is 5.95. The Bertz CT molecular complexity index is 955. The fourth-order valence-electron chi connectivity index (χ4n) is 2.72. The molecule has 3 aromatic rings. The van der Waals surface area contributed by atoms with Gasteiger partial charge in [0.25, 0.3) is 5.91 Å². The van der Waals surface area contributed by atoms with Crippen molar-refractivity contribution in [1.29, 1.82) is 0 Å².